The molecule has 0 aromatic heterocycles. The maximum Gasteiger partial charge on any atom is 0.306 e. The van der Waals surface area contributed by atoms with Crippen LogP contribution in [0.15, 0.2) is 36.5 Å². The first-order valence-electron chi connectivity index (χ1n) is 19.5. The Morgan fingerprint density at radius 1 is 0.500 bits per heavy atom. The summed E-state index contributed by atoms with van der Waals surface area (Å²) in [5, 5.41) is 9.54. The topological polar surface area (TPSA) is 72.8 Å². The van der Waals surface area contributed by atoms with Gasteiger partial charge < -0.3 is 14.6 Å². The monoisotopic (exact) mass is 647 g/mol. The molecule has 1 atom stereocenters. The van der Waals surface area contributed by atoms with Gasteiger partial charge in [-0.25, -0.2) is 0 Å². The predicted octanol–water partition coefficient (Wildman–Crippen LogP) is 12.1. The molecule has 0 saturated carbocycles. The van der Waals surface area contributed by atoms with E-state index in [1.807, 2.05) is 0 Å². The van der Waals surface area contributed by atoms with Gasteiger partial charge in [-0.15, -0.1) is 0 Å². The minimum absolute atomic E-state index is 0.0738. The van der Waals surface area contributed by atoms with Gasteiger partial charge in [0, 0.05) is 12.8 Å². The molecule has 0 aliphatic heterocycles. The maximum atomic E-state index is 12.2. The van der Waals surface area contributed by atoms with E-state index in [1.165, 1.54) is 116 Å². The highest BCUT2D eigenvalue weighted by Gasteiger charge is 2.16. The fourth-order valence-electron chi connectivity index (χ4n) is 5.40. The fourth-order valence-corrected chi connectivity index (χ4v) is 5.40. The fraction of sp³-hybridized carbons (Fsp3) is 0.805. The van der Waals surface area contributed by atoms with Crippen molar-refractivity contribution in [2.45, 2.75) is 200 Å². The summed E-state index contributed by atoms with van der Waals surface area (Å²) in [5.74, 6) is -0.610. The summed E-state index contributed by atoms with van der Waals surface area (Å²) in [6.45, 7) is 4.09. The van der Waals surface area contributed by atoms with Crippen LogP contribution >= 0.6 is 0 Å². The lowest BCUT2D eigenvalue weighted by Crippen LogP contribution is -2.28. The normalized spacial score (nSPS) is 12.5. The van der Waals surface area contributed by atoms with Crippen molar-refractivity contribution in [3.05, 3.63) is 36.5 Å². The molecule has 5 nitrogen and oxygen atoms in total. The van der Waals surface area contributed by atoms with E-state index in [0.29, 0.717) is 12.8 Å². The van der Waals surface area contributed by atoms with Gasteiger partial charge >= 0.3 is 11.9 Å². The molecule has 0 aliphatic rings. The lowest BCUT2D eigenvalue weighted by Gasteiger charge is -2.15. The lowest BCUT2D eigenvalue weighted by atomic mass is 10.1. The van der Waals surface area contributed by atoms with E-state index >= 15 is 0 Å². The van der Waals surface area contributed by atoms with Crippen molar-refractivity contribution in [1.29, 1.82) is 0 Å². The second-order valence-corrected chi connectivity index (χ2v) is 13.0. The third-order valence-corrected chi connectivity index (χ3v) is 8.41. The zero-order chi connectivity index (χ0) is 33.6. The second kappa shape index (κ2) is 37.6. The average molecular weight is 647 g/mol. The molecule has 0 aromatic rings. The molecule has 0 bridgehead atoms. The first-order valence-corrected chi connectivity index (χ1v) is 19.5. The number of unbranched alkanes of at least 4 members (excludes halogenated alkanes) is 21. The summed E-state index contributed by atoms with van der Waals surface area (Å²) in [5.41, 5.74) is 0. The molecule has 0 saturated heterocycles. The zero-order valence-electron chi connectivity index (χ0n) is 30.3. The van der Waals surface area contributed by atoms with E-state index in [9.17, 15) is 14.7 Å². The van der Waals surface area contributed by atoms with Crippen LogP contribution in [0.1, 0.15) is 194 Å². The Morgan fingerprint density at radius 3 is 1.35 bits per heavy atom. The van der Waals surface area contributed by atoms with E-state index < -0.39 is 6.10 Å². The van der Waals surface area contributed by atoms with Gasteiger partial charge in [-0.3, -0.25) is 9.59 Å². The Balaban J connectivity index is 3.58. The quantitative estimate of drug-likeness (QED) is 0.0421. The van der Waals surface area contributed by atoms with Gasteiger partial charge in [0.25, 0.3) is 0 Å². The number of ether oxygens (including phenoxy) is 2. The smallest absolute Gasteiger partial charge is 0.306 e. The van der Waals surface area contributed by atoms with Crippen LogP contribution in [0.3, 0.4) is 0 Å². The number of allylic oxidation sites excluding steroid dienone is 6. The molecular weight excluding hydrogens is 572 g/mol. The molecule has 0 amide bonds. The summed E-state index contributed by atoms with van der Waals surface area (Å²) in [4.78, 5) is 24.2. The van der Waals surface area contributed by atoms with Crippen molar-refractivity contribution < 1.29 is 24.2 Å². The minimum atomic E-state index is -0.777. The molecule has 0 unspecified atom stereocenters. The van der Waals surface area contributed by atoms with Crippen LogP contribution in [-0.4, -0.2) is 36.4 Å². The summed E-state index contributed by atoms with van der Waals surface area (Å²) in [6, 6.07) is 0. The molecule has 0 rings (SSSR count). The van der Waals surface area contributed by atoms with Gasteiger partial charge in [0.2, 0.25) is 0 Å². The third-order valence-electron chi connectivity index (χ3n) is 8.41. The molecule has 0 aromatic carbocycles. The Labute approximate surface area is 285 Å². The van der Waals surface area contributed by atoms with Crippen LogP contribution < -0.4 is 0 Å². The molecule has 0 heterocycles. The van der Waals surface area contributed by atoms with E-state index in [-0.39, 0.29) is 25.2 Å². The van der Waals surface area contributed by atoms with Gasteiger partial charge in [0.05, 0.1) is 6.61 Å². The number of esters is 2. The Kier molecular flexibility index (Phi) is 36.0. The van der Waals surface area contributed by atoms with Crippen molar-refractivity contribution >= 4 is 11.9 Å². The van der Waals surface area contributed by atoms with E-state index in [2.05, 4.69) is 50.3 Å². The molecule has 0 radical (unpaired) electrons. The number of carbonyl (C=O) groups excluding carboxylic acids is 2. The van der Waals surface area contributed by atoms with Gasteiger partial charge in [-0.2, -0.15) is 0 Å². The number of aliphatic hydroxyl groups is 1. The van der Waals surface area contributed by atoms with Crippen molar-refractivity contribution in [3.8, 4) is 0 Å². The minimum Gasteiger partial charge on any atom is -0.462 e. The third kappa shape index (κ3) is 35.0. The number of rotatable bonds is 35. The summed E-state index contributed by atoms with van der Waals surface area (Å²) in [6.07, 6.45) is 44.8. The number of hydrogen-bond donors (Lipinski definition) is 1. The molecule has 0 fully saturated rings. The van der Waals surface area contributed by atoms with Crippen LogP contribution in [-0.2, 0) is 19.1 Å². The molecular formula is C41H74O5. The highest BCUT2D eigenvalue weighted by molar-refractivity contribution is 5.70. The van der Waals surface area contributed by atoms with Crippen LogP contribution in [0, 0.1) is 0 Å². The molecule has 268 valence electrons. The summed E-state index contributed by atoms with van der Waals surface area (Å²) >= 11 is 0. The first-order chi connectivity index (χ1) is 22.6. The van der Waals surface area contributed by atoms with Crippen molar-refractivity contribution in [3.63, 3.8) is 0 Å². The van der Waals surface area contributed by atoms with Crippen molar-refractivity contribution in [2.24, 2.45) is 0 Å². The van der Waals surface area contributed by atoms with Crippen molar-refractivity contribution in [2.75, 3.05) is 13.2 Å². The highest BCUT2D eigenvalue weighted by atomic mass is 16.6. The van der Waals surface area contributed by atoms with Gasteiger partial charge in [-0.1, -0.05) is 147 Å². The SMILES string of the molecule is CCCCC/C=C/C/C=C/CCCCCCCC(=O)OC[C@H](CO)OC(=O)CCCCCCCCC/C=C/CCCCCCCC. The largest absolute Gasteiger partial charge is 0.462 e. The average Bonchev–Trinajstić information content (AvgIpc) is 3.06. The number of hydrogen-bond acceptors (Lipinski definition) is 5. The molecule has 0 spiro atoms. The van der Waals surface area contributed by atoms with E-state index in [0.717, 1.165) is 51.4 Å². The number of carbonyl (C=O) groups is 2. The van der Waals surface area contributed by atoms with Gasteiger partial charge in [-0.05, 0) is 70.6 Å². The molecule has 0 aliphatic carbocycles. The van der Waals surface area contributed by atoms with Gasteiger partial charge in [0.1, 0.15) is 6.61 Å². The van der Waals surface area contributed by atoms with Gasteiger partial charge in [0.15, 0.2) is 6.10 Å². The highest BCUT2D eigenvalue weighted by Crippen LogP contribution is 2.13. The lowest BCUT2D eigenvalue weighted by molar-refractivity contribution is -0.161. The van der Waals surface area contributed by atoms with Crippen LogP contribution in [0.5, 0.6) is 0 Å². The summed E-state index contributed by atoms with van der Waals surface area (Å²) < 4.78 is 10.6. The second-order valence-electron chi connectivity index (χ2n) is 13.0. The Morgan fingerprint density at radius 2 is 0.870 bits per heavy atom. The Bertz CT molecular complexity index is 741. The molecule has 5 heteroatoms. The van der Waals surface area contributed by atoms with E-state index in [1.54, 1.807) is 0 Å². The molecule has 46 heavy (non-hydrogen) atoms. The maximum absolute atomic E-state index is 12.2. The first kappa shape index (κ1) is 44.1. The van der Waals surface area contributed by atoms with Crippen molar-refractivity contribution in [1.82, 2.24) is 0 Å². The van der Waals surface area contributed by atoms with Crippen LogP contribution in [0.4, 0.5) is 0 Å². The van der Waals surface area contributed by atoms with E-state index in [4.69, 9.17) is 9.47 Å². The zero-order valence-corrected chi connectivity index (χ0v) is 30.3. The predicted molar refractivity (Wildman–Crippen MR) is 196 cm³/mol. The van der Waals surface area contributed by atoms with Crippen LogP contribution in [0.25, 0.3) is 0 Å². The standard InChI is InChI=1S/C41H74O5/c1-3-5-7-9-11-13-15-17-19-20-22-24-26-28-30-32-34-36-41(44)46-39(37-42)38-45-40(43)35-33-31-29-27-25-23-21-18-16-14-12-10-8-6-4-2/h12,14,17-19,21,39,42H,3-11,13,15-16,20,22-38H2,1-2H3/b14-12+,19-17+,21-18+/t39-/m0/s1. The Hall–Kier alpha value is -1.88. The molecule has 1 N–H and O–H groups in total. The summed E-state index contributed by atoms with van der Waals surface area (Å²) in [7, 11) is 0. The number of aliphatic hydroxyl groups excluding tert-OH is 1. The van der Waals surface area contributed by atoms with Crippen LogP contribution in [0.2, 0.25) is 0 Å².